The summed E-state index contributed by atoms with van der Waals surface area (Å²) in [6.07, 6.45) is 2.67. The van der Waals surface area contributed by atoms with Crippen molar-refractivity contribution in [2.24, 2.45) is 0 Å². The first-order chi connectivity index (χ1) is 10.1. The predicted molar refractivity (Wildman–Crippen MR) is 88.3 cm³/mol. The van der Waals surface area contributed by atoms with Gasteiger partial charge in [0.2, 0.25) is 0 Å². The van der Waals surface area contributed by atoms with Crippen LogP contribution >= 0.6 is 0 Å². The minimum Gasteiger partial charge on any atom is -0.346 e. The summed E-state index contributed by atoms with van der Waals surface area (Å²) in [4.78, 5) is 0. The van der Waals surface area contributed by atoms with E-state index in [9.17, 15) is 8.42 Å². The van der Waals surface area contributed by atoms with Crippen LogP contribution in [0, 0.1) is 0 Å². The molecule has 0 bridgehead atoms. The number of nitrogens with zero attached hydrogens (tertiary/aromatic N) is 1. The van der Waals surface area contributed by atoms with Crippen molar-refractivity contribution < 1.29 is 8.42 Å². The molecule has 116 valence electrons. The molecule has 0 saturated heterocycles. The molecule has 0 amide bonds. The van der Waals surface area contributed by atoms with Crippen molar-refractivity contribution in [1.29, 1.82) is 0 Å². The van der Waals surface area contributed by atoms with Gasteiger partial charge in [0.05, 0.1) is 11.3 Å². The molecule has 2 rings (SSSR count). The lowest BCUT2D eigenvalue weighted by Crippen LogP contribution is -2.16. The molecule has 1 aromatic heterocycles. The molecule has 0 atom stereocenters. The summed E-state index contributed by atoms with van der Waals surface area (Å²) < 4.78 is 25.9. The molecule has 21 heavy (non-hydrogen) atoms. The minimum atomic E-state index is -2.94. The van der Waals surface area contributed by atoms with Crippen LogP contribution < -0.4 is 5.32 Å². The molecule has 0 radical (unpaired) electrons. The SMILES string of the molecule is CCCS(=O)(=O)CCn1ccc2cccc(CNCC)c21. The van der Waals surface area contributed by atoms with Crippen LogP contribution in [0.3, 0.4) is 0 Å². The molecule has 1 heterocycles. The molecule has 0 aliphatic rings. The van der Waals surface area contributed by atoms with Gasteiger partial charge in [0.1, 0.15) is 0 Å². The van der Waals surface area contributed by atoms with Crippen LogP contribution in [-0.4, -0.2) is 31.0 Å². The Morgan fingerprint density at radius 3 is 2.67 bits per heavy atom. The largest absolute Gasteiger partial charge is 0.346 e. The summed E-state index contributed by atoms with van der Waals surface area (Å²) in [5.41, 5.74) is 2.36. The van der Waals surface area contributed by atoms with Gasteiger partial charge >= 0.3 is 0 Å². The van der Waals surface area contributed by atoms with Gasteiger partial charge in [-0.05, 0) is 30.0 Å². The maximum Gasteiger partial charge on any atom is 0.152 e. The van der Waals surface area contributed by atoms with Crippen LogP contribution in [0.2, 0.25) is 0 Å². The Morgan fingerprint density at radius 2 is 1.95 bits per heavy atom. The smallest absolute Gasteiger partial charge is 0.152 e. The normalized spacial score (nSPS) is 12.1. The number of para-hydroxylation sites is 1. The van der Waals surface area contributed by atoms with E-state index in [0.717, 1.165) is 18.6 Å². The fourth-order valence-corrected chi connectivity index (χ4v) is 3.88. The van der Waals surface area contributed by atoms with E-state index in [1.807, 2.05) is 19.2 Å². The van der Waals surface area contributed by atoms with Crippen molar-refractivity contribution in [2.45, 2.75) is 33.4 Å². The molecule has 0 unspecified atom stereocenters. The Labute approximate surface area is 127 Å². The van der Waals surface area contributed by atoms with E-state index in [4.69, 9.17) is 0 Å². The van der Waals surface area contributed by atoms with Gasteiger partial charge in [-0.25, -0.2) is 8.42 Å². The lowest BCUT2D eigenvalue weighted by atomic mass is 10.1. The fraction of sp³-hybridized carbons (Fsp3) is 0.500. The van der Waals surface area contributed by atoms with Crippen molar-refractivity contribution in [3.63, 3.8) is 0 Å². The Kier molecular flexibility index (Phi) is 5.42. The molecular formula is C16H24N2O2S. The first kappa shape index (κ1) is 16.0. The number of aryl methyl sites for hydroxylation is 1. The average molecular weight is 308 g/mol. The monoisotopic (exact) mass is 308 g/mol. The Morgan fingerprint density at radius 1 is 1.14 bits per heavy atom. The van der Waals surface area contributed by atoms with Crippen LogP contribution in [-0.2, 0) is 22.9 Å². The number of fused-ring (bicyclic) bond motifs is 1. The average Bonchev–Trinajstić information content (AvgIpc) is 2.87. The summed E-state index contributed by atoms with van der Waals surface area (Å²) in [5, 5.41) is 4.50. The topological polar surface area (TPSA) is 51.1 Å². The molecule has 1 aromatic carbocycles. The van der Waals surface area contributed by atoms with Gasteiger partial charge in [0, 0.05) is 25.0 Å². The van der Waals surface area contributed by atoms with Crippen LogP contribution in [0.1, 0.15) is 25.8 Å². The number of aromatic nitrogens is 1. The summed E-state index contributed by atoms with van der Waals surface area (Å²) in [6.45, 7) is 6.23. The number of hydrogen-bond donors (Lipinski definition) is 1. The highest BCUT2D eigenvalue weighted by molar-refractivity contribution is 7.91. The Hall–Kier alpha value is -1.33. The van der Waals surface area contributed by atoms with Crippen LogP contribution in [0.15, 0.2) is 30.5 Å². The number of nitrogens with one attached hydrogen (secondary N) is 1. The highest BCUT2D eigenvalue weighted by atomic mass is 32.2. The van der Waals surface area contributed by atoms with E-state index in [-0.39, 0.29) is 11.5 Å². The third-order valence-electron chi connectivity index (χ3n) is 3.60. The van der Waals surface area contributed by atoms with Gasteiger partial charge in [0.15, 0.2) is 9.84 Å². The van der Waals surface area contributed by atoms with Gasteiger partial charge < -0.3 is 9.88 Å². The van der Waals surface area contributed by atoms with Crippen molar-refractivity contribution in [2.75, 3.05) is 18.1 Å². The summed E-state index contributed by atoms with van der Waals surface area (Å²) in [5.74, 6) is 0.483. The van der Waals surface area contributed by atoms with Gasteiger partial charge in [-0.2, -0.15) is 0 Å². The maximum atomic E-state index is 11.9. The summed E-state index contributed by atoms with van der Waals surface area (Å²) >= 11 is 0. The molecule has 4 nitrogen and oxygen atoms in total. The molecular weight excluding hydrogens is 284 g/mol. The minimum absolute atomic E-state index is 0.208. The van der Waals surface area contributed by atoms with E-state index in [0.29, 0.717) is 13.0 Å². The van der Waals surface area contributed by atoms with Gasteiger partial charge in [-0.1, -0.05) is 32.0 Å². The van der Waals surface area contributed by atoms with E-state index in [1.54, 1.807) is 0 Å². The third kappa shape index (κ3) is 4.08. The molecule has 2 aromatic rings. The van der Waals surface area contributed by atoms with Crippen LogP contribution in [0.25, 0.3) is 10.9 Å². The van der Waals surface area contributed by atoms with Crippen LogP contribution in [0.4, 0.5) is 0 Å². The van der Waals surface area contributed by atoms with Crippen LogP contribution in [0.5, 0.6) is 0 Å². The molecule has 1 N–H and O–H groups in total. The number of sulfone groups is 1. The third-order valence-corrected chi connectivity index (χ3v) is 5.43. The first-order valence-electron chi connectivity index (χ1n) is 7.55. The molecule has 5 heteroatoms. The zero-order valence-corrected chi connectivity index (χ0v) is 13.6. The first-order valence-corrected chi connectivity index (χ1v) is 9.37. The standard InChI is InChI=1S/C16H24N2O2S/c1-3-11-21(19,20)12-10-18-9-8-14-6-5-7-15(16(14)18)13-17-4-2/h5-9,17H,3-4,10-13H2,1-2H3. The molecule has 0 aliphatic heterocycles. The summed E-state index contributed by atoms with van der Waals surface area (Å²) in [7, 11) is -2.94. The Bertz CT molecular complexity index is 689. The molecule has 0 aliphatic carbocycles. The zero-order chi connectivity index (χ0) is 15.3. The Balaban J connectivity index is 2.24. The van der Waals surface area contributed by atoms with Gasteiger partial charge in [-0.3, -0.25) is 0 Å². The van der Waals surface area contributed by atoms with Crippen molar-refractivity contribution in [3.05, 3.63) is 36.0 Å². The molecule has 0 saturated carbocycles. The zero-order valence-electron chi connectivity index (χ0n) is 12.8. The van der Waals surface area contributed by atoms with Crippen molar-refractivity contribution in [1.82, 2.24) is 9.88 Å². The van der Waals surface area contributed by atoms with E-state index >= 15 is 0 Å². The highest BCUT2D eigenvalue weighted by Crippen LogP contribution is 2.20. The van der Waals surface area contributed by atoms with Crippen molar-refractivity contribution >= 4 is 20.7 Å². The maximum absolute atomic E-state index is 11.9. The van der Waals surface area contributed by atoms with Gasteiger partial charge in [-0.15, -0.1) is 0 Å². The predicted octanol–water partition coefficient (Wildman–Crippen LogP) is 2.58. The second-order valence-corrected chi connectivity index (χ2v) is 7.60. The number of benzene rings is 1. The molecule has 0 fully saturated rings. The van der Waals surface area contributed by atoms with E-state index < -0.39 is 9.84 Å². The molecule has 0 spiro atoms. The number of hydrogen-bond acceptors (Lipinski definition) is 3. The van der Waals surface area contributed by atoms with Gasteiger partial charge in [0.25, 0.3) is 0 Å². The highest BCUT2D eigenvalue weighted by Gasteiger charge is 2.12. The number of rotatable bonds is 8. The van der Waals surface area contributed by atoms with Crippen molar-refractivity contribution in [3.8, 4) is 0 Å². The van der Waals surface area contributed by atoms with E-state index in [1.165, 1.54) is 10.9 Å². The second kappa shape index (κ2) is 7.09. The lowest BCUT2D eigenvalue weighted by Gasteiger charge is -2.10. The second-order valence-electron chi connectivity index (χ2n) is 5.30. The quantitative estimate of drug-likeness (QED) is 0.815. The lowest BCUT2D eigenvalue weighted by molar-refractivity contribution is 0.588. The fourth-order valence-electron chi connectivity index (χ4n) is 2.58. The summed E-state index contributed by atoms with van der Waals surface area (Å²) in [6, 6.07) is 8.27. The van der Waals surface area contributed by atoms with E-state index in [2.05, 4.69) is 35.0 Å².